The van der Waals surface area contributed by atoms with Crippen molar-refractivity contribution in [2.24, 2.45) is 35.3 Å². The maximum Gasteiger partial charge on any atom is 0.0847 e. The quantitative estimate of drug-likeness (QED) is 0.927. The Bertz CT molecular complexity index is 522. The molecule has 4 rings (SSSR count). The Morgan fingerprint density at radius 3 is 2.60 bits per heavy atom. The van der Waals surface area contributed by atoms with E-state index in [1.54, 1.807) is 0 Å². The van der Waals surface area contributed by atoms with Gasteiger partial charge in [-0.3, -0.25) is 4.68 Å². The number of rotatable bonds is 4. The van der Waals surface area contributed by atoms with Crippen LogP contribution in [0.5, 0.6) is 0 Å². The zero-order valence-corrected chi connectivity index (χ0v) is 13.1. The maximum absolute atomic E-state index is 6.56. The van der Waals surface area contributed by atoms with Crippen LogP contribution in [0, 0.1) is 36.5 Å². The largest absolute Gasteiger partial charge is 0.327 e. The summed E-state index contributed by atoms with van der Waals surface area (Å²) in [5, 5.41) is 5.33. The molecule has 0 saturated heterocycles. The average molecular weight is 294 g/mol. The minimum Gasteiger partial charge on any atom is -0.327 e. The van der Waals surface area contributed by atoms with Gasteiger partial charge >= 0.3 is 0 Å². The average Bonchev–Trinajstić information content (AvgIpc) is 2.73. The van der Waals surface area contributed by atoms with Crippen molar-refractivity contribution in [1.29, 1.82) is 0 Å². The lowest BCUT2D eigenvalue weighted by Crippen LogP contribution is -2.29. The van der Waals surface area contributed by atoms with Crippen molar-refractivity contribution in [3.8, 4) is 0 Å². The molecule has 0 radical (unpaired) electrons. The second kappa shape index (κ2) is 4.48. The maximum atomic E-state index is 6.56. The third kappa shape index (κ3) is 1.72. The van der Waals surface area contributed by atoms with E-state index in [1.165, 1.54) is 19.3 Å². The molecule has 4 heteroatoms. The predicted molar refractivity (Wildman–Crippen MR) is 80.6 cm³/mol. The Morgan fingerprint density at radius 2 is 2.00 bits per heavy atom. The van der Waals surface area contributed by atoms with Crippen LogP contribution in [-0.2, 0) is 13.0 Å². The van der Waals surface area contributed by atoms with Gasteiger partial charge in [-0.05, 0) is 62.7 Å². The van der Waals surface area contributed by atoms with E-state index in [1.807, 2.05) is 11.6 Å². The van der Waals surface area contributed by atoms with Gasteiger partial charge in [-0.15, -0.1) is 0 Å². The molecule has 0 amide bonds. The summed E-state index contributed by atoms with van der Waals surface area (Å²) < 4.78 is 2.03. The molecule has 3 saturated carbocycles. The minimum absolute atomic E-state index is 0.271. The second-order valence-corrected chi connectivity index (χ2v) is 7.47. The molecule has 5 unspecified atom stereocenters. The van der Waals surface area contributed by atoms with Gasteiger partial charge in [-0.25, -0.2) is 0 Å². The zero-order chi connectivity index (χ0) is 14.0. The van der Waals surface area contributed by atoms with Crippen LogP contribution in [-0.4, -0.2) is 15.8 Å². The molecule has 3 aliphatic carbocycles. The second-order valence-electron chi connectivity index (χ2n) is 7.10. The van der Waals surface area contributed by atoms with Gasteiger partial charge in [0.05, 0.1) is 16.4 Å². The zero-order valence-electron chi connectivity index (χ0n) is 12.3. The number of aromatic nitrogens is 2. The highest BCUT2D eigenvalue weighted by Crippen LogP contribution is 2.70. The van der Waals surface area contributed by atoms with E-state index in [4.69, 9.17) is 17.3 Å². The van der Waals surface area contributed by atoms with Crippen molar-refractivity contribution in [3.05, 3.63) is 16.4 Å². The molecule has 110 valence electrons. The van der Waals surface area contributed by atoms with Crippen LogP contribution in [0.4, 0.5) is 0 Å². The molecule has 1 aromatic heterocycles. The summed E-state index contributed by atoms with van der Waals surface area (Å²) in [4.78, 5) is 0. The summed E-state index contributed by atoms with van der Waals surface area (Å²) in [6.45, 7) is 4.97. The van der Waals surface area contributed by atoms with E-state index in [0.29, 0.717) is 0 Å². The first-order valence-electron chi connectivity index (χ1n) is 8.09. The van der Waals surface area contributed by atoms with Crippen LogP contribution >= 0.6 is 11.6 Å². The lowest BCUT2D eigenvalue weighted by atomic mass is 9.95. The number of aryl methyl sites for hydroxylation is 2. The van der Waals surface area contributed by atoms with E-state index in [0.717, 1.165) is 59.0 Å². The summed E-state index contributed by atoms with van der Waals surface area (Å²) in [5.41, 5.74) is 8.64. The highest BCUT2D eigenvalue weighted by atomic mass is 35.5. The Hall–Kier alpha value is -0.540. The van der Waals surface area contributed by atoms with Gasteiger partial charge in [0.2, 0.25) is 0 Å². The molecule has 0 aromatic carbocycles. The molecule has 0 spiro atoms. The van der Waals surface area contributed by atoms with E-state index < -0.39 is 0 Å². The highest BCUT2D eigenvalue weighted by Gasteiger charge is 2.66. The van der Waals surface area contributed by atoms with Gasteiger partial charge in [0.1, 0.15) is 0 Å². The molecule has 2 N–H and O–H groups in total. The van der Waals surface area contributed by atoms with Crippen molar-refractivity contribution < 1.29 is 0 Å². The number of fused-ring (bicyclic) bond motifs is 5. The molecule has 3 aliphatic rings. The van der Waals surface area contributed by atoms with Crippen molar-refractivity contribution in [3.63, 3.8) is 0 Å². The summed E-state index contributed by atoms with van der Waals surface area (Å²) in [6, 6.07) is 0.271. The van der Waals surface area contributed by atoms with Gasteiger partial charge < -0.3 is 5.73 Å². The van der Waals surface area contributed by atoms with Gasteiger partial charge in [-0.2, -0.15) is 5.10 Å². The Labute approximate surface area is 125 Å². The third-order valence-corrected chi connectivity index (χ3v) is 6.66. The number of nitrogens with zero attached hydrogens (tertiary/aromatic N) is 2. The molecule has 5 atom stereocenters. The van der Waals surface area contributed by atoms with Crippen LogP contribution in [0.15, 0.2) is 0 Å². The SMILES string of the molecule is CCn1nc(C)c(Cl)c1CC(N)C1C2C3CCC(C3)C12. The first kappa shape index (κ1) is 13.1. The normalized spacial score (nSPS) is 39.1. The Balaban J connectivity index is 1.50. The summed E-state index contributed by atoms with van der Waals surface area (Å²) in [6.07, 6.45) is 5.31. The fraction of sp³-hybridized carbons (Fsp3) is 0.812. The van der Waals surface area contributed by atoms with E-state index in [2.05, 4.69) is 12.0 Å². The molecular weight excluding hydrogens is 270 g/mol. The first-order valence-corrected chi connectivity index (χ1v) is 8.47. The summed E-state index contributed by atoms with van der Waals surface area (Å²) >= 11 is 6.41. The van der Waals surface area contributed by atoms with Crippen LogP contribution < -0.4 is 5.73 Å². The van der Waals surface area contributed by atoms with Crippen LogP contribution in [0.25, 0.3) is 0 Å². The van der Waals surface area contributed by atoms with Crippen molar-refractivity contribution in [1.82, 2.24) is 9.78 Å². The third-order valence-electron chi connectivity index (χ3n) is 6.17. The number of halogens is 1. The molecule has 20 heavy (non-hydrogen) atoms. The molecule has 1 aromatic rings. The molecule has 3 fully saturated rings. The van der Waals surface area contributed by atoms with Gasteiger partial charge in [0.15, 0.2) is 0 Å². The number of hydrogen-bond acceptors (Lipinski definition) is 2. The van der Waals surface area contributed by atoms with Crippen molar-refractivity contribution >= 4 is 11.6 Å². The van der Waals surface area contributed by atoms with E-state index in [9.17, 15) is 0 Å². The lowest BCUT2D eigenvalue weighted by Gasteiger charge is -2.17. The molecule has 2 bridgehead atoms. The monoisotopic (exact) mass is 293 g/mol. The Kier molecular flexibility index (Phi) is 2.94. The topological polar surface area (TPSA) is 43.8 Å². The van der Waals surface area contributed by atoms with Crippen LogP contribution in [0.1, 0.15) is 37.6 Å². The van der Waals surface area contributed by atoms with Crippen LogP contribution in [0.3, 0.4) is 0 Å². The first-order chi connectivity index (χ1) is 9.61. The fourth-order valence-corrected chi connectivity index (χ4v) is 5.60. The van der Waals surface area contributed by atoms with Gasteiger partial charge in [-0.1, -0.05) is 11.6 Å². The molecule has 3 nitrogen and oxygen atoms in total. The van der Waals surface area contributed by atoms with E-state index >= 15 is 0 Å². The summed E-state index contributed by atoms with van der Waals surface area (Å²) in [5.74, 6) is 4.64. The standard InChI is InChI=1S/C16H24ClN3/c1-3-20-12(16(17)8(2)19-20)7-11(18)15-13-9-4-5-10(6-9)14(13)15/h9-11,13-15H,3-7,18H2,1-2H3. The van der Waals surface area contributed by atoms with Crippen LogP contribution in [0.2, 0.25) is 5.02 Å². The summed E-state index contributed by atoms with van der Waals surface area (Å²) in [7, 11) is 0. The minimum atomic E-state index is 0.271. The van der Waals surface area contributed by atoms with Gasteiger partial charge in [0.25, 0.3) is 0 Å². The smallest absolute Gasteiger partial charge is 0.0847 e. The van der Waals surface area contributed by atoms with Crippen molar-refractivity contribution in [2.45, 2.75) is 52.1 Å². The predicted octanol–water partition coefficient (Wildman–Crippen LogP) is 3.03. The molecule has 0 aliphatic heterocycles. The van der Waals surface area contributed by atoms with Gasteiger partial charge in [0, 0.05) is 19.0 Å². The highest BCUT2D eigenvalue weighted by molar-refractivity contribution is 6.31. The number of hydrogen-bond donors (Lipinski definition) is 1. The van der Waals surface area contributed by atoms with E-state index in [-0.39, 0.29) is 6.04 Å². The Morgan fingerprint density at radius 1 is 1.35 bits per heavy atom. The fourth-order valence-electron chi connectivity index (χ4n) is 5.39. The molecule has 1 heterocycles. The molecular formula is C16H24ClN3. The van der Waals surface area contributed by atoms with Crippen molar-refractivity contribution in [2.75, 3.05) is 0 Å². The lowest BCUT2D eigenvalue weighted by molar-refractivity contribution is 0.404. The number of nitrogens with two attached hydrogens (primary N) is 1.